The van der Waals surface area contributed by atoms with E-state index in [2.05, 4.69) is 9.19 Å². The fourth-order valence-electron chi connectivity index (χ4n) is 1.77. The summed E-state index contributed by atoms with van der Waals surface area (Å²) in [7, 11) is -4.06. The van der Waals surface area contributed by atoms with Crippen LogP contribution in [0.15, 0.2) is 27.5 Å². The molecular formula is C13H16Cl2N4O2S. The molecule has 0 bridgehead atoms. The molecule has 0 saturated heterocycles. The molecule has 6 nitrogen and oxygen atoms in total. The third-order valence-corrected chi connectivity index (χ3v) is 4.90. The highest BCUT2D eigenvalue weighted by atomic mass is 35.5. The Balaban J connectivity index is 3.49. The first-order chi connectivity index (χ1) is 10.3. The topological polar surface area (TPSA) is 86.1 Å². The maximum Gasteiger partial charge on any atom is 0.331 e. The standard InChI is InChI=1S/C13H16Cl2N4O2S/c1-4-19(5-2)13(9(3)17-16)18-22(20,21)12-7-6-10(14)8-11(12)15/h6-8H,4-5H2,1-3H3/b18-13-. The van der Waals surface area contributed by atoms with E-state index in [1.807, 2.05) is 13.8 Å². The fraction of sp³-hybridized carbons (Fsp3) is 0.385. The van der Waals surface area contributed by atoms with Crippen molar-refractivity contribution >= 4 is 44.8 Å². The summed E-state index contributed by atoms with van der Waals surface area (Å²) >= 11 is 11.7. The van der Waals surface area contributed by atoms with Crippen LogP contribution < -0.4 is 0 Å². The maximum absolute atomic E-state index is 12.5. The van der Waals surface area contributed by atoms with Gasteiger partial charge in [0.1, 0.15) is 4.90 Å². The van der Waals surface area contributed by atoms with Gasteiger partial charge < -0.3 is 10.4 Å². The van der Waals surface area contributed by atoms with Gasteiger partial charge in [0.15, 0.2) is 0 Å². The Morgan fingerprint density at radius 1 is 1.32 bits per heavy atom. The van der Waals surface area contributed by atoms with Gasteiger partial charge in [-0.2, -0.15) is 13.2 Å². The highest BCUT2D eigenvalue weighted by molar-refractivity contribution is 7.90. The van der Waals surface area contributed by atoms with Gasteiger partial charge in [-0.1, -0.05) is 23.2 Å². The molecule has 0 unspecified atom stereocenters. The minimum absolute atomic E-state index is 0.0197. The molecule has 0 atom stereocenters. The molecule has 9 heteroatoms. The lowest BCUT2D eigenvalue weighted by Gasteiger charge is -2.19. The molecule has 1 aromatic rings. The van der Waals surface area contributed by atoms with Crippen molar-refractivity contribution < 1.29 is 13.2 Å². The Hall–Kier alpha value is -1.40. The second kappa shape index (κ2) is 7.74. The number of hydrogen-bond donors (Lipinski definition) is 0. The van der Waals surface area contributed by atoms with E-state index in [1.54, 1.807) is 4.90 Å². The van der Waals surface area contributed by atoms with Crippen molar-refractivity contribution in [3.05, 3.63) is 33.8 Å². The van der Waals surface area contributed by atoms with Crippen molar-refractivity contribution in [2.24, 2.45) is 4.40 Å². The smallest absolute Gasteiger partial charge is 0.331 e. The van der Waals surface area contributed by atoms with Gasteiger partial charge in [0.25, 0.3) is 10.0 Å². The maximum atomic E-state index is 12.5. The summed E-state index contributed by atoms with van der Waals surface area (Å²) in [5.74, 6) is 0.0681. The summed E-state index contributed by atoms with van der Waals surface area (Å²) in [6.07, 6.45) is 0. The average molecular weight is 363 g/mol. The van der Waals surface area contributed by atoms with Crippen LogP contribution in [0.2, 0.25) is 10.0 Å². The van der Waals surface area contributed by atoms with Crippen LogP contribution in [0.4, 0.5) is 0 Å². The minimum atomic E-state index is -4.06. The Kier molecular flexibility index (Phi) is 6.56. The van der Waals surface area contributed by atoms with Gasteiger partial charge in [-0.3, -0.25) is 0 Å². The second-order valence-corrected chi connectivity index (χ2v) is 6.74. The minimum Gasteiger partial charge on any atom is -0.361 e. The van der Waals surface area contributed by atoms with Crippen LogP contribution in [0.25, 0.3) is 5.53 Å². The first kappa shape index (κ1) is 18.6. The number of rotatable bonds is 5. The SMILES string of the molecule is CCN(CC)/C(=N\S(=O)(=O)c1ccc(Cl)cc1Cl)C(C)=[N+]=[N-]. The molecule has 0 saturated carbocycles. The summed E-state index contributed by atoms with van der Waals surface area (Å²) in [5, 5.41) is 0.304. The van der Waals surface area contributed by atoms with E-state index in [-0.39, 0.29) is 21.5 Å². The van der Waals surface area contributed by atoms with Gasteiger partial charge in [-0.15, -0.1) is 4.40 Å². The molecular weight excluding hydrogens is 347 g/mol. The Bertz CT molecular complexity index is 736. The molecule has 0 aromatic heterocycles. The molecule has 0 heterocycles. The van der Waals surface area contributed by atoms with Crippen molar-refractivity contribution in [1.82, 2.24) is 4.90 Å². The van der Waals surface area contributed by atoms with E-state index in [0.717, 1.165) is 0 Å². The zero-order chi connectivity index (χ0) is 16.9. The Labute approximate surface area is 140 Å². The van der Waals surface area contributed by atoms with Crippen LogP contribution in [0.5, 0.6) is 0 Å². The number of hydrogen-bond acceptors (Lipinski definition) is 2. The molecule has 0 aliphatic heterocycles. The van der Waals surface area contributed by atoms with Gasteiger partial charge >= 0.3 is 5.71 Å². The summed E-state index contributed by atoms with van der Waals surface area (Å²) in [6, 6.07) is 4.03. The monoisotopic (exact) mass is 362 g/mol. The molecule has 1 aromatic carbocycles. The third-order valence-electron chi connectivity index (χ3n) is 2.92. The molecule has 0 N–H and O–H groups in total. The van der Waals surface area contributed by atoms with Crippen molar-refractivity contribution in [2.75, 3.05) is 13.1 Å². The number of amidine groups is 1. The number of halogens is 2. The van der Waals surface area contributed by atoms with Crippen LogP contribution in [-0.2, 0) is 10.0 Å². The van der Waals surface area contributed by atoms with Gasteiger partial charge in [0.05, 0.1) is 5.02 Å². The lowest BCUT2D eigenvalue weighted by atomic mass is 10.3. The van der Waals surface area contributed by atoms with Gasteiger partial charge in [-0.05, 0) is 32.0 Å². The van der Waals surface area contributed by atoms with Crippen LogP contribution in [-0.4, -0.2) is 42.7 Å². The van der Waals surface area contributed by atoms with Gasteiger partial charge in [0, 0.05) is 25.0 Å². The normalized spacial score (nSPS) is 12.0. The molecule has 22 heavy (non-hydrogen) atoms. The summed E-state index contributed by atoms with van der Waals surface area (Å²) in [6.45, 7) is 6.16. The largest absolute Gasteiger partial charge is 0.361 e. The van der Waals surface area contributed by atoms with Gasteiger partial charge in [-0.25, -0.2) is 0 Å². The van der Waals surface area contributed by atoms with E-state index >= 15 is 0 Å². The first-order valence-corrected chi connectivity index (χ1v) is 8.70. The molecule has 0 fully saturated rings. The van der Waals surface area contributed by atoms with Crippen molar-refractivity contribution in [3.8, 4) is 0 Å². The quantitative estimate of drug-likeness (QED) is 0.349. The summed E-state index contributed by atoms with van der Waals surface area (Å²) < 4.78 is 28.7. The predicted molar refractivity (Wildman–Crippen MR) is 88.3 cm³/mol. The number of sulfonamides is 1. The third kappa shape index (κ3) is 4.30. The summed E-state index contributed by atoms with van der Waals surface area (Å²) in [5.41, 5.74) is 9.04. The average Bonchev–Trinajstić information content (AvgIpc) is 2.46. The van der Waals surface area contributed by atoms with E-state index in [4.69, 9.17) is 28.7 Å². The number of nitrogens with zero attached hydrogens (tertiary/aromatic N) is 4. The molecule has 0 radical (unpaired) electrons. The van der Waals surface area contributed by atoms with Gasteiger partial charge in [0.2, 0.25) is 5.84 Å². The highest BCUT2D eigenvalue weighted by Gasteiger charge is 2.24. The van der Waals surface area contributed by atoms with Crippen LogP contribution in [0.1, 0.15) is 20.8 Å². The lowest BCUT2D eigenvalue weighted by molar-refractivity contribution is -0.00315. The van der Waals surface area contributed by atoms with E-state index in [0.29, 0.717) is 18.1 Å². The zero-order valence-corrected chi connectivity index (χ0v) is 14.7. The fourth-order valence-corrected chi connectivity index (χ4v) is 3.59. The molecule has 120 valence electrons. The molecule has 0 spiro atoms. The first-order valence-electron chi connectivity index (χ1n) is 6.50. The van der Waals surface area contributed by atoms with E-state index in [9.17, 15) is 8.42 Å². The molecule has 1 rings (SSSR count). The van der Waals surface area contributed by atoms with Crippen molar-refractivity contribution in [1.29, 1.82) is 0 Å². The molecule has 0 amide bonds. The predicted octanol–water partition coefficient (Wildman–Crippen LogP) is 3.11. The lowest BCUT2D eigenvalue weighted by Crippen LogP contribution is -2.36. The highest BCUT2D eigenvalue weighted by Crippen LogP contribution is 2.26. The second-order valence-electron chi connectivity index (χ2n) is 4.32. The summed E-state index contributed by atoms with van der Waals surface area (Å²) in [4.78, 5) is 4.55. The van der Waals surface area contributed by atoms with Crippen LogP contribution in [0.3, 0.4) is 0 Å². The molecule has 0 aliphatic rings. The Morgan fingerprint density at radius 3 is 2.36 bits per heavy atom. The Morgan fingerprint density at radius 2 is 1.91 bits per heavy atom. The zero-order valence-electron chi connectivity index (χ0n) is 12.4. The van der Waals surface area contributed by atoms with E-state index < -0.39 is 10.0 Å². The number of benzene rings is 1. The van der Waals surface area contributed by atoms with Crippen LogP contribution in [0, 0.1) is 0 Å². The van der Waals surface area contributed by atoms with Crippen LogP contribution >= 0.6 is 23.2 Å². The van der Waals surface area contributed by atoms with Crippen molar-refractivity contribution in [2.45, 2.75) is 25.7 Å². The van der Waals surface area contributed by atoms with Crippen molar-refractivity contribution in [3.63, 3.8) is 0 Å². The van der Waals surface area contributed by atoms with E-state index in [1.165, 1.54) is 25.1 Å². The molecule has 0 aliphatic carbocycles.